The summed E-state index contributed by atoms with van der Waals surface area (Å²) in [6.45, 7) is 9.14. The van der Waals surface area contributed by atoms with Crippen molar-refractivity contribution < 1.29 is 0 Å². The maximum absolute atomic E-state index is 5.61. The van der Waals surface area contributed by atoms with E-state index in [2.05, 4.69) is 39.7 Å². The normalized spacial score (nSPS) is 34.1. The summed E-state index contributed by atoms with van der Waals surface area (Å²) in [4.78, 5) is 0. The lowest BCUT2D eigenvalue weighted by atomic mass is 9.46. The van der Waals surface area contributed by atoms with Gasteiger partial charge in [0.2, 0.25) is 0 Å². The van der Waals surface area contributed by atoms with Crippen molar-refractivity contribution in [3.63, 3.8) is 0 Å². The first-order valence-electron chi connectivity index (χ1n) is 5.58. The molecule has 2 unspecified atom stereocenters. The lowest BCUT2D eigenvalue weighted by Crippen LogP contribution is -2.50. The molecular formula is C14H20. The van der Waals surface area contributed by atoms with Crippen LogP contribution in [0, 0.1) is 35.0 Å². The van der Waals surface area contributed by atoms with Crippen molar-refractivity contribution in [2.75, 3.05) is 0 Å². The maximum Gasteiger partial charge on any atom is 0.0466 e. The van der Waals surface area contributed by atoms with Crippen LogP contribution in [0.2, 0.25) is 0 Å². The number of hydrogen-bond acceptors (Lipinski definition) is 0. The molecule has 2 atom stereocenters. The van der Waals surface area contributed by atoms with Gasteiger partial charge in [0.15, 0.2) is 0 Å². The highest BCUT2D eigenvalue weighted by Gasteiger charge is 2.53. The van der Waals surface area contributed by atoms with E-state index < -0.39 is 0 Å². The molecule has 0 heteroatoms. The average Bonchev–Trinajstić information content (AvgIpc) is 2.17. The first-order valence-corrected chi connectivity index (χ1v) is 5.58. The maximum atomic E-state index is 5.61. The summed E-state index contributed by atoms with van der Waals surface area (Å²) in [6, 6.07) is 0. The van der Waals surface area contributed by atoms with Gasteiger partial charge < -0.3 is 0 Å². The Bertz CT molecular complexity index is 322. The zero-order chi connectivity index (χ0) is 10.6. The molecule has 0 N–H and O–H groups in total. The third kappa shape index (κ3) is 1.08. The molecule has 0 saturated heterocycles. The molecule has 0 aromatic carbocycles. The minimum absolute atomic E-state index is 0.0344. The van der Waals surface area contributed by atoms with Gasteiger partial charge in [-0.3, -0.25) is 0 Å². The minimum Gasteiger partial charge on any atom is -0.119 e. The fraction of sp³-hybridized carbons (Fsp3) is 0.714. The summed E-state index contributed by atoms with van der Waals surface area (Å²) in [5, 5.41) is 0. The van der Waals surface area contributed by atoms with Gasteiger partial charge in [-0.15, -0.1) is 6.42 Å². The molecule has 14 heavy (non-hydrogen) atoms. The van der Waals surface area contributed by atoms with Crippen LogP contribution < -0.4 is 0 Å². The molecule has 1 saturated carbocycles. The molecule has 76 valence electrons. The van der Waals surface area contributed by atoms with Crippen molar-refractivity contribution in [1.29, 1.82) is 0 Å². The van der Waals surface area contributed by atoms with Crippen molar-refractivity contribution in [2.24, 2.45) is 22.7 Å². The second-order valence-electron chi connectivity index (χ2n) is 5.97. The van der Waals surface area contributed by atoms with E-state index in [-0.39, 0.29) is 5.41 Å². The molecule has 0 aromatic heterocycles. The van der Waals surface area contributed by atoms with Gasteiger partial charge >= 0.3 is 0 Å². The zero-order valence-electron chi connectivity index (χ0n) is 9.72. The van der Waals surface area contributed by atoms with Gasteiger partial charge in [-0.2, -0.15) is 0 Å². The van der Waals surface area contributed by atoms with E-state index in [9.17, 15) is 0 Å². The molecule has 1 fully saturated rings. The van der Waals surface area contributed by atoms with Crippen LogP contribution in [0.15, 0.2) is 11.6 Å². The Balaban J connectivity index is 2.32. The molecule has 3 aliphatic rings. The van der Waals surface area contributed by atoms with E-state index in [4.69, 9.17) is 6.42 Å². The van der Waals surface area contributed by atoms with Crippen molar-refractivity contribution in [2.45, 2.75) is 40.5 Å². The molecular weight excluding hydrogens is 168 g/mol. The van der Waals surface area contributed by atoms with E-state index in [0.717, 1.165) is 11.8 Å². The predicted octanol–water partition coefficient (Wildman–Crippen LogP) is 3.64. The fourth-order valence-corrected chi connectivity index (χ4v) is 3.13. The van der Waals surface area contributed by atoms with Crippen LogP contribution in [0.25, 0.3) is 0 Å². The second-order valence-corrected chi connectivity index (χ2v) is 5.97. The first-order chi connectivity index (χ1) is 6.39. The molecule has 0 radical (unpaired) electrons. The quantitative estimate of drug-likeness (QED) is 0.435. The summed E-state index contributed by atoms with van der Waals surface area (Å²) in [7, 11) is 0. The van der Waals surface area contributed by atoms with E-state index >= 15 is 0 Å². The lowest BCUT2D eigenvalue weighted by Gasteiger charge is -2.58. The van der Waals surface area contributed by atoms with Gasteiger partial charge in [0.1, 0.15) is 0 Å². The summed E-state index contributed by atoms with van der Waals surface area (Å²) >= 11 is 0. The zero-order valence-corrected chi connectivity index (χ0v) is 9.72. The highest BCUT2D eigenvalue weighted by molar-refractivity contribution is 5.33. The van der Waals surface area contributed by atoms with Crippen LogP contribution in [0.4, 0.5) is 0 Å². The van der Waals surface area contributed by atoms with E-state index in [1.54, 1.807) is 0 Å². The van der Waals surface area contributed by atoms with Gasteiger partial charge in [0.25, 0.3) is 0 Å². The first kappa shape index (κ1) is 9.84. The molecule has 3 rings (SSSR count). The van der Waals surface area contributed by atoms with Gasteiger partial charge in [-0.25, -0.2) is 0 Å². The van der Waals surface area contributed by atoms with E-state index in [1.807, 2.05) is 0 Å². The molecule has 3 aliphatic carbocycles. The average molecular weight is 188 g/mol. The third-order valence-corrected chi connectivity index (χ3v) is 4.55. The van der Waals surface area contributed by atoms with Gasteiger partial charge in [-0.1, -0.05) is 31.4 Å². The SMILES string of the molecule is C#CC(C)(C)C1=CCC2CC1C2(C)C. The molecule has 0 amide bonds. The monoisotopic (exact) mass is 188 g/mol. The van der Waals surface area contributed by atoms with Crippen molar-refractivity contribution >= 4 is 0 Å². The summed E-state index contributed by atoms with van der Waals surface area (Å²) in [6.07, 6.45) is 10.6. The Labute approximate surface area is 87.8 Å². The molecule has 0 aromatic rings. The number of hydrogen-bond donors (Lipinski definition) is 0. The Morgan fingerprint density at radius 3 is 2.57 bits per heavy atom. The number of terminal acetylenes is 1. The van der Waals surface area contributed by atoms with Crippen LogP contribution in [0.5, 0.6) is 0 Å². The van der Waals surface area contributed by atoms with Crippen molar-refractivity contribution in [1.82, 2.24) is 0 Å². The highest BCUT2D eigenvalue weighted by Crippen LogP contribution is 2.62. The van der Waals surface area contributed by atoms with E-state index in [0.29, 0.717) is 5.41 Å². The number of fused-ring (bicyclic) bond motifs is 1. The van der Waals surface area contributed by atoms with Crippen LogP contribution in [0.1, 0.15) is 40.5 Å². The third-order valence-electron chi connectivity index (χ3n) is 4.55. The Morgan fingerprint density at radius 2 is 2.14 bits per heavy atom. The molecule has 2 bridgehead atoms. The minimum atomic E-state index is -0.0344. The summed E-state index contributed by atoms with van der Waals surface area (Å²) in [5.41, 5.74) is 1.98. The predicted molar refractivity (Wildman–Crippen MR) is 60.7 cm³/mol. The van der Waals surface area contributed by atoms with Gasteiger partial charge in [0.05, 0.1) is 0 Å². The molecule has 0 aliphatic heterocycles. The fourth-order valence-electron chi connectivity index (χ4n) is 3.13. The smallest absolute Gasteiger partial charge is 0.0466 e. The van der Waals surface area contributed by atoms with Gasteiger partial charge in [0, 0.05) is 5.41 Å². The van der Waals surface area contributed by atoms with Crippen LogP contribution >= 0.6 is 0 Å². The highest BCUT2D eigenvalue weighted by atomic mass is 14.6. The molecule has 0 spiro atoms. The second kappa shape index (κ2) is 2.66. The topological polar surface area (TPSA) is 0 Å². The van der Waals surface area contributed by atoms with Gasteiger partial charge in [-0.05, 0) is 43.9 Å². The van der Waals surface area contributed by atoms with Crippen LogP contribution in [-0.2, 0) is 0 Å². The molecule has 0 heterocycles. The van der Waals surface area contributed by atoms with E-state index in [1.165, 1.54) is 18.4 Å². The standard InChI is InChI=1S/C14H20/c1-6-13(2,3)11-8-7-10-9-12(11)14(10,4)5/h1,8,10,12H,7,9H2,2-5H3. The Kier molecular flexibility index (Phi) is 1.87. The lowest BCUT2D eigenvalue weighted by molar-refractivity contribution is -0.0151. The van der Waals surface area contributed by atoms with Crippen LogP contribution in [-0.4, -0.2) is 0 Å². The largest absolute Gasteiger partial charge is 0.119 e. The molecule has 0 nitrogen and oxygen atoms in total. The van der Waals surface area contributed by atoms with Crippen molar-refractivity contribution in [3.8, 4) is 12.3 Å². The summed E-state index contributed by atoms with van der Waals surface area (Å²) < 4.78 is 0. The van der Waals surface area contributed by atoms with Crippen molar-refractivity contribution in [3.05, 3.63) is 11.6 Å². The number of rotatable bonds is 1. The Hall–Kier alpha value is -0.700. The van der Waals surface area contributed by atoms with Crippen LogP contribution in [0.3, 0.4) is 0 Å². The summed E-state index contributed by atoms with van der Waals surface area (Å²) in [5.74, 6) is 4.59. The number of allylic oxidation sites excluding steroid dienone is 2. The Morgan fingerprint density at radius 1 is 1.50 bits per heavy atom.